The van der Waals surface area contributed by atoms with E-state index in [0.717, 1.165) is 89.9 Å². The number of carbonyl (C=O) groups excluding carboxylic acids is 1. The quantitative estimate of drug-likeness (QED) is 0.0390. The summed E-state index contributed by atoms with van der Waals surface area (Å²) in [5, 5.41) is 8.83. The molecule has 0 fully saturated rings. The van der Waals surface area contributed by atoms with Crippen molar-refractivity contribution >= 4 is 11.9 Å². The summed E-state index contributed by atoms with van der Waals surface area (Å²) in [5.74, 6) is -0.701. The number of unbranched alkanes of at least 4 members (excludes halogenated alkanes) is 23. The molecule has 0 spiro atoms. The minimum Gasteiger partial charge on any atom is -0.481 e. The molecule has 296 valence electrons. The zero-order chi connectivity index (χ0) is 37.1. The lowest BCUT2D eigenvalue weighted by molar-refractivity contribution is -0.150. The first-order valence-electron chi connectivity index (χ1n) is 22.1. The van der Waals surface area contributed by atoms with Gasteiger partial charge in [0.25, 0.3) is 0 Å². The van der Waals surface area contributed by atoms with E-state index in [1.54, 1.807) is 0 Å². The second-order valence-corrected chi connectivity index (χ2v) is 14.9. The van der Waals surface area contributed by atoms with Crippen molar-refractivity contribution in [3.8, 4) is 0 Å². The van der Waals surface area contributed by atoms with Crippen molar-refractivity contribution in [2.24, 2.45) is 0 Å². The maximum Gasteiger partial charge on any atom is 0.306 e. The summed E-state index contributed by atoms with van der Waals surface area (Å²) in [7, 11) is 0. The lowest BCUT2D eigenvalue weighted by atomic mass is 10.0. The van der Waals surface area contributed by atoms with Crippen LogP contribution in [0.15, 0.2) is 48.6 Å². The summed E-state index contributed by atoms with van der Waals surface area (Å²) < 4.78 is 6.01. The molecule has 0 radical (unpaired) electrons. The Bertz CT molecular complexity index is 854. The largest absolute Gasteiger partial charge is 0.481 e. The summed E-state index contributed by atoms with van der Waals surface area (Å²) in [6, 6.07) is 0. The number of hydrogen-bond acceptors (Lipinski definition) is 3. The minimum atomic E-state index is -0.700. The third kappa shape index (κ3) is 42.2. The van der Waals surface area contributed by atoms with E-state index >= 15 is 0 Å². The monoisotopic (exact) mass is 713 g/mol. The fraction of sp³-hybridized carbons (Fsp3) is 0.787. The maximum atomic E-state index is 12.7. The molecule has 0 aliphatic rings. The van der Waals surface area contributed by atoms with E-state index in [-0.39, 0.29) is 18.5 Å². The van der Waals surface area contributed by atoms with Gasteiger partial charge in [0.15, 0.2) is 0 Å². The summed E-state index contributed by atoms with van der Waals surface area (Å²) in [6.45, 7) is 4.44. The molecule has 4 heteroatoms. The molecule has 1 unspecified atom stereocenters. The van der Waals surface area contributed by atoms with E-state index in [9.17, 15) is 9.59 Å². The summed E-state index contributed by atoms with van der Waals surface area (Å²) in [4.78, 5) is 23.4. The SMILES string of the molecule is CC/C=C\C/C=C\C/C=C\C/C=C\CCCCCCCCCCCCC(=O)OC(CCCCCCCCCCCC)CCCCCCCC(=O)O. The number of esters is 1. The van der Waals surface area contributed by atoms with Gasteiger partial charge in [0.1, 0.15) is 6.10 Å². The second kappa shape index (κ2) is 42.3. The molecule has 0 aliphatic carbocycles. The van der Waals surface area contributed by atoms with Crippen LogP contribution in [0.25, 0.3) is 0 Å². The van der Waals surface area contributed by atoms with Crippen LogP contribution < -0.4 is 0 Å². The Morgan fingerprint density at radius 2 is 0.824 bits per heavy atom. The molecule has 1 N–H and O–H groups in total. The molecule has 0 amide bonds. The second-order valence-electron chi connectivity index (χ2n) is 14.9. The first-order valence-corrected chi connectivity index (χ1v) is 22.1. The van der Waals surface area contributed by atoms with Crippen LogP contribution in [0, 0.1) is 0 Å². The van der Waals surface area contributed by atoms with Gasteiger partial charge in [0.05, 0.1) is 0 Å². The highest BCUT2D eigenvalue weighted by Crippen LogP contribution is 2.19. The van der Waals surface area contributed by atoms with Crippen LogP contribution in [-0.4, -0.2) is 23.1 Å². The van der Waals surface area contributed by atoms with E-state index in [0.29, 0.717) is 6.42 Å². The van der Waals surface area contributed by atoms with E-state index in [2.05, 4.69) is 62.5 Å². The number of aliphatic carboxylic acids is 1. The van der Waals surface area contributed by atoms with Crippen LogP contribution in [-0.2, 0) is 14.3 Å². The fourth-order valence-electron chi connectivity index (χ4n) is 6.59. The number of carboxylic acid groups (broad SMARTS) is 1. The molecule has 0 bridgehead atoms. The van der Waals surface area contributed by atoms with Gasteiger partial charge in [-0.3, -0.25) is 9.59 Å². The van der Waals surface area contributed by atoms with Crippen LogP contribution >= 0.6 is 0 Å². The van der Waals surface area contributed by atoms with Gasteiger partial charge in [-0.1, -0.05) is 191 Å². The summed E-state index contributed by atoms with van der Waals surface area (Å²) in [5.41, 5.74) is 0. The maximum absolute atomic E-state index is 12.7. The topological polar surface area (TPSA) is 63.6 Å². The van der Waals surface area contributed by atoms with Gasteiger partial charge in [0, 0.05) is 12.8 Å². The van der Waals surface area contributed by atoms with Gasteiger partial charge < -0.3 is 9.84 Å². The molecule has 0 aromatic heterocycles. The van der Waals surface area contributed by atoms with Crippen LogP contribution in [0.3, 0.4) is 0 Å². The Balaban J connectivity index is 3.89. The Morgan fingerprint density at radius 3 is 1.27 bits per heavy atom. The van der Waals surface area contributed by atoms with Gasteiger partial charge in [-0.05, 0) is 77.0 Å². The van der Waals surface area contributed by atoms with Crippen molar-refractivity contribution in [1.82, 2.24) is 0 Å². The number of carboxylic acids is 1. The standard InChI is InChI=1S/C47H84O4/c1-3-5-7-9-11-13-15-16-17-18-19-20-21-22-23-24-25-26-27-29-31-36-40-44-47(50)51-45(42-38-34-32-35-39-43-46(48)49)41-37-33-30-28-14-12-10-8-6-4-2/h5,7,11,13,16-17,19-20,45H,3-4,6,8-10,12,14-15,18,21-44H2,1-2H3,(H,48,49)/b7-5-,13-11-,17-16-,20-19-. The Labute approximate surface area is 317 Å². The van der Waals surface area contributed by atoms with Gasteiger partial charge in [0.2, 0.25) is 0 Å². The van der Waals surface area contributed by atoms with E-state index in [1.807, 2.05) is 0 Å². The zero-order valence-electron chi connectivity index (χ0n) is 33.9. The van der Waals surface area contributed by atoms with Gasteiger partial charge in [-0.15, -0.1) is 0 Å². The molecular weight excluding hydrogens is 629 g/mol. The highest BCUT2D eigenvalue weighted by atomic mass is 16.5. The van der Waals surface area contributed by atoms with Crippen molar-refractivity contribution in [3.63, 3.8) is 0 Å². The Morgan fingerprint density at radius 1 is 0.451 bits per heavy atom. The van der Waals surface area contributed by atoms with Crippen LogP contribution in [0.2, 0.25) is 0 Å². The van der Waals surface area contributed by atoms with E-state index in [1.165, 1.54) is 116 Å². The average molecular weight is 713 g/mol. The molecule has 0 aromatic carbocycles. The number of rotatable bonds is 40. The number of ether oxygens (including phenoxy) is 1. The van der Waals surface area contributed by atoms with Gasteiger partial charge >= 0.3 is 11.9 Å². The molecule has 0 saturated carbocycles. The smallest absolute Gasteiger partial charge is 0.306 e. The Hall–Kier alpha value is -2.10. The van der Waals surface area contributed by atoms with Crippen LogP contribution in [0.1, 0.15) is 232 Å². The molecule has 1 atom stereocenters. The Kier molecular flexibility index (Phi) is 40.6. The molecular formula is C47H84O4. The third-order valence-corrected chi connectivity index (χ3v) is 9.82. The van der Waals surface area contributed by atoms with Crippen LogP contribution in [0.5, 0.6) is 0 Å². The lowest BCUT2D eigenvalue weighted by Gasteiger charge is -2.18. The highest BCUT2D eigenvalue weighted by Gasteiger charge is 2.14. The molecule has 0 saturated heterocycles. The summed E-state index contributed by atoms with van der Waals surface area (Å²) >= 11 is 0. The number of carbonyl (C=O) groups is 2. The van der Waals surface area contributed by atoms with E-state index in [4.69, 9.17) is 9.84 Å². The van der Waals surface area contributed by atoms with Crippen molar-refractivity contribution < 1.29 is 19.4 Å². The first kappa shape index (κ1) is 48.9. The third-order valence-electron chi connectivity index (χ3n) is 9.82. The normalized spacial score (nSPS) is 12.7. The lowest BCUT2D eigenvalue weighted by Crippen LogP contribution is -2.18. The van der Waals surface area contributed by atoms with Crippen LogP contribution in [0.4, 0.5) is 0 Å². The highest BCUT2D eigenvalue weighted by molar-refractivity contribution is 5.69. The predicted molar refractivity (Wildman–Crippen MR) is 222 cm³/mol. The van der Waals surface area contributed by atoms with Crippen molar-refractivity contribution in [1.29, 1.82) is 0 Å². The van der Waals surface area contributed by atoms with Gasteiger partial charge in [-0.2, -0.15) is 0 Å². The van der Waals surface area contributed by atoms with E-state index < -0.39 is 5.97 Å². The number of hydrogen-bond donors (Lipinski definition) is 1. The predicted octanol–water partition coefficient (Wildman–Crippen LogP) is 15.5. The van der Waals surface area contributed by atoms with Gasteiger partial charge in [-0.25, -0.2) is 0 Å². The van der Waals surface area contributed by atoms with Crippen molar-refractivity contribution in [3.05, 3.63) is 48.6 Å². The zero-order valence-corrected chi connectivity index (χ0v) is 33.9. The molecule has 0 heterocycles. The molecule has 0 aromatic rings. The molecule has 0 aliphatic heterocycles. The van der Waals surface area contributed by atoms with Crippen molar-refractivity contribution in [2.75, 3.05) is 0 Å². The number of allylic oxidation sites excluding steroid dienone is 8. The first-order chi connectivity index (χ1) is 25.1. The molecule has 51 heavy (non-hydrogen) atoms. The molecule has 4 nitrogen and oxygen atoms in total. The molecule has 0 rings (SSSR count). The minimum absolute atomic E-state index is 0.00110. The fourth-order valence-corrected chi connectivity index (χ4v) is 6.59. The average Bonchev–Trinajstić information content (AvgIpc) is 3.12. The van der Waals surface area contributed by atoms with Crippen molar-refractivity contribution in [2.45, 2.75) is 238 Å². The summed E-state index contributed by atoms with van der Waals surface area (Å²) in [6.07, 6.45) is 57.2.